The molecule has 0 fully saturated rings. The Labute approximate surface area is 202 Å². The van der Waals surface area contributed by atoms with Crippen LogP contribution in [-0.2, 0) is 0 Å². The van der Waals surface area contributed by atoms with Crippen molar-refractivity contribution in [2.75, 3.05) is 13.2 Å². The van der Waals surface area contributed by atoms with Crippen LogP contribution >= 0.6 is 11.6 Å². The summed E-state index contributed by atoms with van der Waals surface area (Å²) in [6, 6.07) is 16.0. The highest BCUT2D eigenvalue weighted by Crippen LogP contribution is 2.36. The van der Waals surface area contributed by atoms with Gasteiger partial charge in [0.15, 0.2) is 17.4 Å². The molecule has 0 N–H and O–H groups in total. The Hall–Kier alpha value is -3.51. The third kappa shape index (κ3) is 4.21. The van der Waals surface area contributed by atoms with Crippen molar-refractivity contribution < 1.29 is 18.6 Å². The summed E-state index contributed by atoms with van der Waals surface area (Å²) in [7, 11) is 0. The van der Waals surface area contributed by atoms with Gasteiger partial charge in [0.1, 0.15) is 30.4 Å². The number of halogens is 2. The minimum Gasteiger partial charge on any atom is -0.486 e. The second-order valence-corrected chi connectivity index (χ2v) is 8.48. The van der Waals surface area contributed by atoms with Gasteiger partial charge in [-0.1, -0.05) is 42.8 Å². The fourth-order valence-corrected chi connectivity index (χ4v) is 4.12. The zero-order valence-corrected chi connectivity index (χ0v) is 19.7. The molecule has 1 unspecified atom stereocenters. The lowest BCUT2D eigenvalue weighted by molar-refractivity contribution is 0.171. The standard InChI is InChI=1S/C27H24ClFN2O3/c1-3-17(2)34-25-9-5-8-24-30-27(26-19(28)6-4-7-20(26)29)21(31(24)25)12-10-18-11-13-22-23(16-18)33-15-14-32-22/h4-13,16-17H,3,14-15H2,1-2H3/b12-10-. The van der Waals surface area contributed by atoms with E-state index in [1.54, 1.807) is 12.1 Å². The summed E-state index contributed by atoms with van der Waals surface area (Å²) >= 11 is 6.43. The Kier molecular flexibility index (Phi) is 6.16. The van der Waals surface area contributed by atoms with Gasteiger partial charge in [0, 0.05) is 0 Å². The quantitative estimate of drug-likeness (QED) is 0.302. The van der Waals surface area contributed by atoms with Gasteiger partial charge >= 0.3 is 0 Å². The minimum absolute atomic E-state index is 0.00289. The molecule has 5 rings (SSSR count). The molecule has 3 heterocycles. The van der Waals surface area contributed by atoms with E-state index in [9.17, 15) is 4.39 Å². The van der Waals surface area contributed by atoms with E-state index in [1.165, 1.54) is 6.07 Å². The molecular weight excluding hydrogens is 455 g/mol. The third-order valence-electron chi connectivity index (χ3n) is 5.74. The number of hydrogen-bond acceptors (Lipinski definition) is 4. The smallest absolute Gasteiger partial charge is 0.200 e. The summed E-state index contributed by atoms with van der Waals surface area (Å²) < 4.78 is 34.3. The highest BCUT2D eigenvalue weighted by atomic mass is 35.5. The second-order valence-electron chi connectivity index (χ2n) is 8.07. The van der Waals surface area contributed by atoms with Gasteiger partial charge in [0.25, 0.3) is 0 Å². The number of imidazole rings is 1. The Morgan fingerprint density at radius 3 is 2.68 bits per heavy atom. The number of hydrogen-bond donors (Lipinski definition) is 0. The van der Waals surface area contributed by atoms with Gasteiger partial charge in [0.2, 0.25) is 0 Å². The SMILES string of the molecule is CCC(C)Oc1cccc2nc(-c3c(F)cccc3Cl)c(/C=C\c3ccc4c(c3)OCCO4)n12. The van der Waals surface area contributed by atoms with Crippen molar-refractivity contribution >= 4 is 29.4 Å². The zero-order valence-electron chi connectivity index (χ0n) is 18.9. The molecule has 0 spiro atoms. The maximum atomic E-state index is 14.9. The lowest BCUT2D eigenvalue weighted by atomic mass is 10.1. The molecule has 174 valence electrons. The zero-order chi connectivity index (χ0) is 23.7. The van der Waals surface area contributed by atoms with Crippen LogP contribution in [0, 0.1) is 5.82 Å². The summed E-state index contributed by atoms with van der Waals surface area (Å²) in [4.78, 5) is 4.74. The lowest BCUT2D eigenvalue weighted by Gasteiger charge is -2.18. The summed E-state index contributed by atoms with van der Waals surface area (Å²) in [5.74, 6) is 1.61. The number of ether oxygens (including phenoxy) is 3. The average Bonchev–Trinajstić information content (AvgIpc) is 3.21. The normalized spacial score (nSPS) is 14.0. The van der Waals surface area contributed by atoms with Crippen LogP contribution in [0.25, 0.3) is 29.1 Å². The Balaban J connectivity index is 1.68. The molecule has 0 aliphatic carbocycles. The monoisotopic (exact) mass is 478 g/mol. The first-order chi connectivity index (χ1) is 16.5. The van der Waals surface area contributed by atoms with Crippen LogP contribution < -0.4 is 14.2 Å². The van der Waals surface area contributed by atoms with Crippen LogP contribution in [-0.4, -0.2) is 28.7 Å². The molecule has 1 atom stereocenters. The van der Waals surface area contributed by atoms with Crippen molar-refractivity contribution in [1.82, 2.24) is 9.38 Å². The second kappa shape index (κ2) is 9.39. The first kappa shape index (κ1) is 22.3. The van der Waals surface area contributed by atoms with Gasteiger partial charge in [-0.3, -0.25) is 4.40 Å². The Bertz CT molecular complexity index is 1360. The van der Waals surface area contributed by atoms with Gasteiger partial charge in [-0.25, -0.2) is 9.37 Å². The molecule has 0 bridgehead atoms. The minimum atomic E-state index is -0.436. The summed E-state index contributed by atoms with van der Waals surface area (Å²) in [5.41, 5.74) is 2.90. The van der Waals surface area contributed by atoms with Crippen LogP contribution in [0.2, 0.25) is 5.02 Å². The highest BCUT2D eigenvalue weighted by Gasteiger charge is 2.21. The van der Waals surface area contributed by atoms with Crippen LogP contribution in [0.1, 0.15) is 31.5 Å². The number of pyridine rings is 1. The number of aromatic nitrogens is 2. The topological polar surface area (TPSA) is 45.0 Å². The molecule has 2 aromatic carbocycles. The van der Waals surface area contributed by atoms with E-state index >= 15 is 0 Å². The lowest BCUT2D eigenvalue weighted by Crippen LogP contribution is -2.15. The van der Waals surface area contributed by atoms with Crippen molar-refractivity contribution in [2.45, 2.75) is 26.4 Å². The first-order valence-corrected chi connectivity index (χ1v) is 11.6. The Morgan fingerprint density at radius 1 is 1.09 bits per heavy atom. The molecule has 2 aromatic heterocycles. The largest absolute Gasteiger partial charge is 0.486 e. The van der Waals surface area contributed by atoms with Gasteiger partial charge in [-0.15, -0.1) is 0 Å². The van der Waals surface area contributed by atoms with Gasteiger partial charge in [0.05, 0.1) is 22.4 Å². The fourth-order valence-electron chi connectivity index (χ4n) is 3.87. The molecular formula is C27H24ClFN2O3. The van der Waals surface area contributed by atoms with Crippen molar-refractivity contribution in [3.63, 3.8) is 0 Å². The molecule has 4 aromatic rings. The van der Waals surface area contributed by atoms with Crippen molar-refractivity contribution in [2.24, 2.45) is 0 Å². The van der Waals surface area contributed by atoms with E-state index in [4.69, 9.17) is 30.8 Å². The van der Waals surface area contributed by atoms with Crippen LogP contribution in [0.5, 0.6) is 17.4 Å². The molecule has 0 amide bonds. The molecule has 0 radical (unpaired) electrons. The average molecular weight is 479 g/mol. The predicted molar refractivity (Wildman–Crippen MR) is 132 cm³/mol. The molecule has 0 saturated carbocycles. The molecule has 1 aliphatic rings. The van der Waals surface area contributed by atoms with E-state index in [0.29, 0.717) is 46.9 Å². The van der Waals surface area contributed by atoms with Crippen LogP contribution in [0.3, 0.4) is 0 Å². The number of benzene rings is 2. The maximum Gasteiger partial charge on any atom is 0.200 e. The molecule has 0 saturated heterocycles. The highest BCUT2D eigenvalue weighted by molar-refractivity contribution is 6.33. The van der Waals surface area contributed by atoms with E-state index in [2.05, 4.69) is 6.92 Å². The van der Waals surface area contributed by atoms with Crippen LogP contribution in [0.15, 0.2) is 54.6 Å². The Morgan fingerprint density at radius 2 is 1.88 bits per heavy atom. The summed E-state index contributed by atoms with van der Waals surface area (Å²) in [6.07, 6.45) is 4.68. The van der Waals surface area contributed by atoms with E-state index in [1.807, 2.05) is 59.9 Å². The van der Waals surface area contributed by atoms with Crippen molar-refractivity contribution in [1.29, 1.82) is 0 Å². The van der Waals surface area contributed by atoms with Gasteiger partial charge in [-0.05, 0) is 61.4 Å². The number of rotatable bonds is 6. The summed E-state index contributed by atoms with van der Waals surface area (Å²) in [6.45, 7) is 5.12. The fraction of sp³-hybridized carbons (Fsp3) is 0.222. The summed E-state index contributed by atoms with van der Waals surface area (Å²) in [5, 5.41) is 0.293. The molecule has 7 heteroatoms. The third-order valence-corrected chi connectivity index (χ3v) is 6.05. The molecule has 5 nitrogen and oxygen atoms in total. The van der Waals surface area contributed by atoms with Crippen molar-refractivity contribution in [3.8, 4) is 28.6 Å². The van der Waals surface area contributed by atoms with Crippen LogP contribution in [0.4, 0.5) is 4.39 Å². The molecule has 34 heavy (non-hydrogen) atoms. The van der Waals surface area contributed by atoms with E-state index in [0.717, 1.165) is 17.7 Å². The first-order valence-electron chi connectivity index (χ1n) is 11.3. The number of nitrogens with zero attached hydrogens (tertiary/aromatic N) is 2. The van der Waals surface area contributed by atoms with Gasteiger partial charge in [-0.2, -0.15) is 0 Å². The van der Waals surface area contributed by atoms with Crippen molar-refractivity contribution in [3.05, 3.63) is 76.7 Å². The van der Waals surface area contributed by atoms with Gasteiger partial charge < -0.3 is 14.2 Å². The van der Waals surface area contributed by atoms with E-state index < -0.39 is 5.82 Å². The van der Waals surface area contributed by atoms with E-state index in [-0.39, 0.29) is 11.7 Å². The molecule has 1 aliphatic heterocycles. The maximum absolute atomic E-state index is 14.9. The number of fused-ring (bicyclic) bond motifs is 2. The predicted octanol–water partition coefficient (Wildman–Crippen LogP) is 6.91.